The predicted octanol–water partition coefficient (Wildman–Crippen LogP) is 13.0. The molecule has 0 amide bonds. The van der Waals surface area contributed by atoms with Gasteiger partial charge in [-0.25, -0.2) is 34.9 Å². The summed E-state index contributed by atoms with van der Waals surface area (Å²) in [7, 11) is 0. The van der Waals surface area contributed by atoms with Crippen molar-refractivity contribution in [2.45, 2.75) is 27.7 Å². The van der Waals surface area contributed by atoms with Crippen LogP contribution in [0.2, 0.25) is 0 Å². The Morgan fingerprint density at radius 2 is 1.18 bits per heavy atom. The van der Waals surface area contributed by atoms with Crippen molar-refractivity contribution in [3.63, 3.8) is 0 Å². The highest BCUT2D eigenvalue weighted by atomic mass is 15.1. The number of benzene rings is 4. The average molecular weight is 925 g/mol. The van der Waals surface area contributed by atoms with Crippen molar-refractivity contribution in [3.8, 4) is 39.8 Å². The van der Waals surface area contributed by atoms with Crippen LogP contribution in [0.4, 0.5) is 0 Å². The molecule has 0 aliphatic carbocycles. The number of aliphatic imine (C=N–C) groups is 2. The fraction of sp³-hybridized carbons (Fsp3) is 0.0678. The SMILES string of the molecule is C=C/C(=C\N=C(C)c1cc(C(=C)N=C/C(=C\C)c2nc(/C=C\C)c(C)n2-c2ccccc2)cc(-c2ncc(-c3nc4cccnc4n3-c3ccccc3)cn2)c1)c1nc2cccnc2n1-c1ccccc1. The zero-order valence-electron chi connectivity index (χ0n) is 39.8. The lowest BCUT2D eigenvalue weighted by atomic mass is 10.0. The second-order valence-corrected chi connectivity index (χ2v) is 16.5. The number of fused-ring (bicyclic) bond motifs is 2. The van der Waals surface area contributed by atoms with Gasteiger partial charge in [-0.1, -0.05) is 86.0 Å². The molecule has 0 N–H and O–H groups in total. The van der Waals surface area contributed by atoms with Gasteiger partial charge in [0, 0.05) is 87.9 Å². The molecule has 0 aliphatic rings. The highest BCUT2D eigenvalue weighted by Gasteiger charge is 2.20. The largest absolute Gasteiger partial charge is 0.296 e. The molecule has 0 aliphatic heterocycles. The molecule has 10 rings (SSSR count). The number of hydrogen-bond donors (Lipinski definition) is 0. The molecule has 6 heterocycles. The molecular weight excluding hydrogens is 877 g/mol. The minimum atomic E-state index is 0.499. The molecule has 0 unspecified atom stereocenters. The third-order valence-electron chi connectivity index (χ3n) is 12.0. The van der Waals surface area contributed by atoms with Crippen LogP contribution in [0, 0.1) is 6.92 Å². The normalized spacial score (nSPS) is 12.5. The third-order valence-corrected chi connectivity index (χ3v) is 12.0. The van der Waals surface area contributed by atoms with Gasteiger partial charge in [0.2, 0.25) is 0 Å². The second kappa shape index (κ2) is 20.0. The molecule has 12 nitrogen and oxygen atoms in total. The molecule has 0 atom stereocenters. The number of nitrogens with zero attached hydrogens (tertiary/aromatic N) is 12. The van der Waals surface area contributed by atoms with Crippen LogP contribution in [-0.4, -0.2) is 60.5 Å². The summed E-state index contributed by atoms with van der Waals surface area (Å²) >= 11 is 0. The smallest absolute Gasteiger partial charge is 0.164 e. The van der Waals surface area contributed by atoms with Crippen LogP contribution in [0.1, 0.15) is 54.9 Å². The lowest BCUT2D eigenvalue weighted by Gasteiger charge is -2.12. The summed E-state index contributed by atoms with van der Waals surface area (Å²) in [6.45, 7) is 16.7. The first kappa shape index (κ1) is 45.2. The number of allylic oxidation sites excluding steroid dienone is 5. The molecule has 12 heteroatoms. The highest BCUT2D eigenvalue weighted by Crippen LogP contribution is 2.31. The molecule has 344 valence electrons. The molecule has 0 radical (unpaired) electrons. The van der Waals surface area contributed by atoms with Gasteiger partial charge < -0.3 is 0 Å². The van der Waals surface area contributed by atoms with Crippen molar-refractivity contribution < 1.29 is 0 Å². The zero-order valence-corrected chi connectivity index (χ0v) is 39.8. The van der Waals surface area contributed by atoms with Gasteiger partial charge in [-0.2, -0.15) is 0 Å². The molecule has 4 aromatic carbocycles. The topological polar surface area (TPSA) is 130 Å². The molecule has 6 aromatic heterocycles. The Hall–Kier alpha value is -9.55. The third kappa shape index (κ3) is 9.00. The fourth-order valence-corrected chi connectivity index (χ4v) is 8.43. The van der Waals surface area contributed by atoms with Gasteiger partial charge >= 0.3 is 0 Å². The van der Waals surface area contributed by atoms with E-state index in [2.05, 4.69) is 46.7 Å². The van der Waals surface area contributed by atoms with Gasteiger partial charge in [-0.3, -0.25) is 23.7 Å². The standard InChI is InChI=1S/C59H48N12/c1-7-21-51-41(6)69(48-22-13-10-14-23-48)55(66-51)42(8-2)35-62-39(4)44-32-45(40(5)63-36-43(9-3)56-67-52-28-19-30-60-58(52)70(56)49-24-15-11-16-25-49)34-46(33-44)54-64-37-47(38-65-54)57-68-53-29-20-31-61-59(53)71(57)50-26-17-12-18-27-50/h7-38H,3-4H2,1-2,5-6H3/b21-7-,42-8+,43-36+,62-35?,63-40?. The Bertz CT molecular complexity index is 3760. The number of rotatable bonds is 14. The molecule has 71 heavy (non-hydrogen) atoms. The van der Waals surface area contributed by atoms with Gasteiger partial charge in [-0.05, 0) is 118 Å². The number of pyridine rings is 2. The van der Waals surface area contributed by atoms with Crippen molar-refractivity contribution in [1.82, 2.24) is 48.6 Å². The lowest BCUT2D eigenvalue weighted by Crippen LogP contribution is -2.03. The van der Waals surface area contributed by atoms with E-state index in [-0.39, 0.29) is 0 Å². The van der Waals surface area contributed by atoms with E-state index in [4.69, 9.17) is 34.9 Å². The summed E-state index contributed by atoms with van der Waals surface area (Å²) in [5, 5.41) is 0. The first-order valence-corrected chi connectivity index (χ1v) is 23.1. The highest BCUT2D eigenvalue weighted by molar-refractivity contribution is 6.10. The molecule has 0 saturated heterocycles. The van der Waals surface area contributed by atoms with E-state index >= 15 is 0 Å². The first-order valence-electron chi connectivity index (χ1n) is 23.1. The number of hydrogen-bond acceptors (Lipinski definition) is 9. The van der Waals surface area contributed by atoms with Crippen molar-refractivity contribution >= 4 is 57.2 Å². The molecule has 10 aromatic rings. The number of aromatic nitrogens is 10. The van der Waals surface area contributed by atoms with E-state index in [1.807, 2.05) is 176 Å². The Morgan fingerprint density at radius 1 is 0.606 bits per heavy atom. The lowest BCUT2D eigenvalue weighted by molar-refractivity contribution is 0.983. The number of para-hydroxylation sites is 3. The molecule has 0 saturated carbocycles. The minimum absolute atomic E-state index is 0.499. The molecule has 0 fully saturated rings. The molecule has 0 bridgehead atoms. The van der Waals surface area contributed by atoms with E-state index in [1.54, 1.807) is 37.1 Å². The quantitative estimate of drug-likeness (QED) is 0.0784. The second-order valence-electron chi connectivity index (χ2n) is 16.5. The number of imidazole rings is 3. The van der Waals surface area contributed by atoms with E-state index < -0.39 is 0 Å². The summed E-state index contributed by atoms with van der Waals surface area (Å²) in [5.41, 5.74) is 13.6. The van der Waals surface area contributed by atoms with Gasteiger partial charge in [0.15, 0.2) is 17.1 Å². The van der Waals surface area contributed by atoms with E-state index in [9.17, 15) is 0 Å². The van der Waals surface area contributed by atoms with E-state index in [0.29, 0.717) is 28.7 Å². The van der Waals surface area contributed by atoms with E-state index in [1.165, 1.54) is 0 Å². The van der Waals surface area contributed by atoms with Gasteiger partial charge in [0.05, 0.1) is 17.0 Å². The van der Waals surface area contributed by atoms with Gasteiger partial charge in [0.25, 0.3) is 0 Å². The maximum atomic E-state index is 5.07. The zero-order chi connectivity index (χ0) is 48.8. The van der Waals surface area contributed by atoms with Gasteiger partial charge in [-0.15, -0.1) is 0 Å². The summed E-state index contributed by atoms with van der Waals surface area (Å²) in [5.74, 6) is 2.61. The van der Waals surface area contributed by atoms with Crippen LogP contribution in [-0.2, 0) is 0 Å². The maximum absolute atomic E-state index is 5.07. The van der Waals surface area contributed by atoms with Gasteiger partial charge in [0.1, 0.15) is 28.5 Å². The van der Waals surface area contributed by atoms with Crippen molar-refractivity contribution in [1.29, 1.82) is 0 Å². The van der Waals surface area contributed by atoms with E-state index in [0.717, 1.165) is 90.1 Å². The van der Waals surface area contributed by atoms with Crippen LogP contribution >= 0.6 is 0 Å². The van der Waals surface area contributed by atoms with Crippen LogP contribution < -0.4 is 0 Å². The fourth-order valence-electron chi connectivity index (χ4n) is 8.43. The first-order chi connectivity index (χ1) is 34.8. The minimum Gasteiger partial charge on any atom is -0.296 e. The maximum Gasteiger partial charge on any atom is 0.164 e. The Balaban J connectivity index is 1.06. The summed E-state index contributed by atoms with van der Waals surface area (Å²) < 4.78 is 6.20. The Morgan fingerprint density at radius 3 is 1.80 bits per heavy atom. The summed E-state index contributed by atoms with van der Waals surface area (Å²) in [6, 6.07) is 44.0. The van der Waals surface area contributed by atoms with Crippen molar-refractivity contribution in [2.24, 2.45) is 9.98 Å². The van der Waals surface area contributed by atoms with Crippen LogP contribution in [0.5, 0.6) is 0 Å². The summed E-state index contributed by atoms with van der Waals surface area (Å²) in [4.78, 5) is 44.3. The molecule has 0 spiro atoms. The Labute approximate surface area is 411 Å². The molecular formula is C59H48N12. The van der Waals surface area contributed by atoms with Crippen LogP contribution in [0.3, 0.4) is 0 Å². The van der Waals surface area contributed by atoms with Crippen molar-refractivity contribution in [2.75, 3.05) is 0 Å². The predicted molar refractivity (Wildman–Crippen MR) is 289 cm³/mol. The van der Waals surface area contributed by atoms with Crippen LogP contribution in [0.25, 0.3) is 85.1 Å². The Kier molecular flexibility index (Phi) is 12.7. The average Bonchev–Trinajstić information content (AvgIpc) is 4.11. The van der Waals surface area contributed by atoms with Crippen molar-refractivity contribution in [3.05, 3.63) is 230 Å². The summed E-state index contributed by atoms with van der Waals surface area (Å²) in [6.07, 6.45) is 18.5. The van der Waals surface area contributed by atoms with Crippen LogP contribution in [0.15, 0.2) is 206 Å². The monoisotopic (exact) mass is 924 g/mol.